The monoisotopic (exact) mass is 366 g/mol. The third kappa shape index (κ3) is 8.88. The quantitative estimate of drug-likeness (QED) is 0.356. The molecule has 0 spiro atoms. The summed E-state index contributed by atoms with van der Waals surface area (Å²) >= 11 is 1.75. The molecule has 1 saturated carbocycles. The van der Waals surface area contributed by atoms with Crippen molar-refractivity contribution in [1.29, 1.82) is 0 Å². The molecule has 1 aliphatic carbocycles. The van der Waals surface area contributed by atoms with Crippen molar-refractivity contribution in [3.05, 3.63) is 22.4 Å². The van der Waals surface area contributed by atoms with Gasteiger partial charge in [0.05, 0.1) is 0 Å². The number of amides is 1. The maximum atomic E-state index is 11.7. The Morgan fingerprint density at radius 3 is 2.84 bits per heavy atom. The topological polar surface area (TPSA) is 66.0 Å². The fourth-order valence-electron chi connectivity index (χ4n) is 2.14. The largest absolute Gasteiger partial charge is 0.381 e. The Morgan fingerprint density at radius 2 is 2.16 bits per heavy atom. The van der Waals surface area contributed by atoms with Gasteiger partial charge >= 0.3 is 0 Å². The summed E-state index contributed by atoms with van der Waals surface area (Å²) in [4.78, 5) is 19.0. The summed E-state index contributed by atoms with van der Waals surface area (Å²) in [5.41, 5.74) is 0. The lowest BCUT2D eigenvalue weighted by Crippen LogP contribution is -2.40. The van der Waals surface area contributed by atoms with E-state index in [9.17, 15) is 4.79 Å². The smallest absolute Gasteiger partial charge is 0.243 e. The van der Waals surface area contributed by atoms with Gasteiger partial charge in [-0.05, 0) is 43.0 Å². The van der Waals surface area contributed by atoms with E-state index in [1.54, 1.807) is 30.3 Å². The minimum absolute atomic E-state index is 0.00729. The van der Waals surface area contributed by atoms with E-state index < -0.39 is 0 Å². The number of aliphatic imine (C=N–C) groups is 1. The second kappa shape index (κ2) is 11.1. The van der Waals surface area contributed by atoms with Crippen LogP contribution in [0.15, 0.2) is 22.5 Å². The molecule has 1 aromatic rings. The molecule has 0 aromatic carbocycles. The maximum absolute atomic E-state index is 11.7. The van der Waals surface area contributed by atoms with Crippen LogP contribution in [-0.4, -0.2) is 63.7 Å². The average Bonchev–Trinajstić information content (AvgIpc) is 3.28. The molecule has 25 heavy (non-hydrogen) atoms. The van der Waals surface area contributed by atoms with Crippen molar-refractivity contribution in [3.63, 3.8) is 0 Å². The Hall–Kier alpha value is -1.60. The second-order valence-electron chi connectivity index (χ2n) is 6.51. The van der Waals surface area contributed by atoms with Crippen LogP contribution in [0, 0.1) is 5.92 Å². The van der Waals surface area contributed by atoms with E-state index in [-0.39, 0.29) is 12.5 Å². The van der Waals surface area contributed by atoms with E-state index in [1.807, 2.05) is 0 Å². The van der Waals surface area contributed by atoms with E-state index >= 15 is 0 Å². The van der Waals surface area contributed by atoms with Gasteiger partial charge in [-0.3, -0.25) is 4.79 Å². The molecule has 6 nitrogen and oxygen atoms in total. The van der Waals surface area contributed by atoms with E-state index in [2.05, 4.69) is 33.1 Å². The van der Waals surface area contributed by atoms with Gasteiger partial charge < -0.3 is 20.3 Å². The first-order valence-corrected chi connectivity index (χ1v) is 9.85. The lowest BCUT2D eigenvalue weighted by atomic mass is 10.3. The zero-order valence-electron chi connectivity index (χ0n) is 15.3. The number of ether oxygens (including phenoxy) is 1. The van der Waals surface area contributed by atoms with Gasteiger partial charge in [-0.2, -0.15) is 0 Å². The number of rotatable bonds is 11. The molecule has 7 heteroatoms. The Kier molecular flexibility index (Phi) is 8.76. The van der Waals surface area contributed by atoms with Gasteiger partial charge in [0, 0.05) is 45.3 Å². The first-order valence-electron chi connectivity index (χ1n) is 8.97. The van der Waals surface area contributed by atoms with Crippen LogP contribution in [0.5, 0.6) is 0 Å². The van der Waals surface area contributed by atoms with Crippen LogP contribution in [0.2, 0.25) is 0 Å². The summed E-state index contributed by atoms with van der Waals surface area (Å²) in [5.74, 6) is 1.49. The molecule has 1 amide bonds. The molecular weight excluding hydrogens is 336 g/mol. The van der Waals surface area contributed by atoms with Gasteiger partial charge in [0.25, 0.3) is 0 Å². The summed E-state index contributed by atoms with van der Waals surface area (Å²) in [5, 5.41) is 8.68. The zero-order valence-corrected chi connectivity index (χ0v) is 16.1. The SMILES string of the molecule is CN(C)C(=O)CN=C(NCCCOCC1CC1)NCCc1cccs1. The van der Waals surface area contributed by atoms with E-state index in [4.69, 9.17) is 4.74 Å². The second-order valence-corrected chi connectivity index (χ2v) is 7.54. The number of carbonyl (C=O) groups is 1. The van der Waals surface area contributed by atoms with Crippen molar-refractivity contribution in [2.75, 3.05) is 46.9 Å². The minimum Gasteiger partial charge on any atom is -0.381 e. The highest BCUT2D eigenvalue weighted by Crippen LogP contribution is 2.28. The van der Waals surface area contributed by atoms with Crippen molar-refractivity contribution >= 4 is 23.2 Å². The van der Waals surface area contributed by atoms with Gasteiger partial charge in [0.1, 0.15) is 6.54 Å². The zero-order chi connectivity index (χ0) is 17.9. The normalized spacial score (nSPS) is 14.4. The Balaban J connectivity index is 1.67. The van der Waals surface area contributed by atoms with Gasteiger partial charge in [0.15, 0.2) is 5.96 Å². The molecule has 0 bridgehead atoms. The number of likely N-dealkylation sites (N-methyl/N-ethyl adjacent to an activating group) is 1. The summed E-state index contributed by atoms with van der Waals surface area (Å²) in [6.07, 6.45) is 4.52. The molecule has 140 valence electrons. The summed E-state index contributed by atoms with van der Waals surface area (Å²) < 4.78 is 5.64. The lowest BCUT2D eigenvalue weighted by Gasteiger charge is -2.13. The van der Waals surface area contributed by atoms with Gasteiger partial charge in [-0.25, -0.2) is 4.99 Å². The molecule has 0 radical (unpaired) electrons. The average molecular weight is 367 g/mol. The van der Waals surface area contributed by atoms with Gasteiger partial charge in [-0.1, -0.05) is 6.07 Å². The molecule has 1 aromatic heterocycles. The molecule has 1 aliphatic rings. The van der Waals surface area contributed by atoms with E-state index in [0.29, 0.717) is 5.96 Å². The predicted octanol–water partition coefficient (Wildman–Crippen LogP) is 1.73. The maximum Gasteiger partial charge on any atom is 0.243 e. The molecule has 0 atom stereocenters. The van der Waals surface area contributed by atoms with Crippen molar-refractivity contribution in [3.8, 4) is 0 Å². The number of nitrogens with zero attached hydrogens (tertiary/aromatic N) is 2. The third-order valence-electron chi connectivity index (χ3n) is 3.92. The minimum atomic E-state index is -0.00729. The van der Waals surface area contributed by atoms with Crippen molar-refractivity contribution < 1.29 is 9.53 Å². The van der Waals surface area contributed by atoms with Crippen LogP contribution >= 0.6 is 11.3 Å². The van der Waals surface area contributed by atoms with E-state index in [1.165, 1.54) is 17.7 Å². The lowest BCUT2D eigenvalue weighted by molar-refractivity contribution is -0.127. The van der Waals surface area contributed by atoms with Gasteiger partial charge in [0.2, 0.25) is 5.91 Å². The van der Waals surface area contributed by atoms with Crippen LogP contribution in [0.3, 0.4) is 0 Å². The van der Waals surface area contributed by atoms with Crippen molar-refractivity contribution in [1.82, 2.24) is 15.5 Å². The van der Waals surface area contributed by atoms with Crippen molar-refractivity contribution in [2.24, 2.45) is 10.9 Å². The number of nitrogens with one attached hydrogen (secondary N) is 2. The van der Waals surface area contributed by atoms with Crippen LogP contribution in [-0.2, 0) is 16.0 Å². The number of guanidine groups is 1. The summed E-state index contributed by atoms with van der Waals surface area (Å²) in [6.45, 7) is 3.39. The standard InChI is InChI=1S/C18H30N4O2S/c1-22(2)17(23)13-21-18(20-10-8-16-5-3-12-25-16)19-9-4-11-24-14-15-6-7-15/h3,5,12,15H,4,6-11,13-14H2,1-2H3,(H2,19,20,21). The summed E-state index contributed by atoms with van der Waals surface area (Å²) in [7, 11) is 3.48. The molecule has 0 saturated heterocycles. The molecular formula is C18H30N4O2S. The predicted molar refractivity (Wildman–Crippen MR) is 103 cm³/mol. The molecule has 2 rings (SSSR count). The first-order chi connectivity index (χ1) is 12.1. The third-order valence-corrected chi connectivity index (χ3v) is 4.86. The van der Waals surface area contributed by atoms with Crippen LogP contribution in [0.4, 0.5) is 0 Å². The fourth-order valence-corrected chi connectivity index (χ4v) is 2.85. The number of thiophene rings is 1. The number of hydrogen-bond donors (Lipinski definition) is 2. The Morgan fingerprint density at radius 1 is 1.36 bits per heavy atom. The van der Waals surface area contributed by atoms with Crippen LogP contribution in [0.25, 0.3) is 0 Å². The number of carbonyl (C=O) groups excluding carboxylic acids is 1. The highest BCUT2D eigenvalue weighted by molar-refractivity contribution is 7.09. The first kappa shape index (κ1) is 19.7. The molecule has 2 N–H and O–H groups in total. The Labute approximate surface area is 154 Å². The summed E-state index contributed by atoms with van der Waals surface area (Å²) in [6, 6.07) is 4.19. The molecule has 0 unspecified atom stereocenters. The Bertz CT molecular complexity index is 527. The molecule has 1 heterocycles. The van der Waals surface area contributed by atoms with Crippen LogP contribution in [0.1, 0.15) is 24.1 Å². The molecule has 1 fully saturated rings. The number of hydrogen-bond acceptors (Lipinski definition) is 4. The highest BCUT2D eigenvalue weighted by atomic mass is 32.1. The van der Waals surface area contributed by atoms with Crippen LogP contribution < -0.4 is 10.6 Å². The highest BCUT2D eigenvalue weighted by Gasteiger charge is 2.20. The van der Waals surface area contributed by atoms with Crippen molar-refractivity contribution in [2.45, 2.75) is 25.7 Å². The van der Waals surface area contributed by atoms with Gasteiger partial charge in [-0.15, -0.1) is 11.3 Å². The fraction of sp³-hybridized carbons (Fsp3) is 0.667. The molecule has 0 aliphatic heterocycles. The van der Waals surface area contributed by atoms with E-state index in [0.717, 1.165) is 45.1 Å².